The van der Waals surface area contributed by atoms with E-state index in [1.54, 1.807) is 26.7 Å². The number of nitrogens with one attached hydrogen (secondary N) is 1. The fourth-order valence-electron chi connectivity index (χ4n) is 3.39. The Morgan fingerprint density at radius 1 is 1.10 bits per heavy atom. The molecule has 9 heteroatoms. The van der Waals surface area contributed by atoms with Crippen LogP contribution in [0, 0.1) is 13.8 Å². The summed E-state index contributed by atoms with van der Waals surface area (Å²) in [6.45, 7) is 4.44. The maximum Gasteiger partial charge on any atom is 0.224 e. The molecule has 30 heavy (non-hydrogen) atoms. The Morgan fingerprint density at radius 3 is 2.70 bits per heavy atom. The lowest BCUT2D eigenvalue weighted by molar-refractivity contribution is 0.406. The summed E-state index contributed by atoms with van der Waals surface area (Å²) in [5.41, 5.74) is 10.9. The van der Waals surface area contributed by atoms with E-state index in [9.17, 15) is 0 Å². The lowest BCUT2D eigenvalue weighted by atomic mass is 10.1. The monoisotopic (exact) mass is 405 g/mol. The molecule has 0 aliphatic heterocycles. The summed E-state index contributed by atoms with van der Waals surface area (Å²) in [6, 6.07) is 7.54. The zero-order valence-electron chi connectivity index (χ0n) is 17.3. The molecule has 3 heterocycles. The van der Waals surface area contributed by atoms with Crippen LogP contribution < -0.4 is 20.5 Å². The average Bonchev–Trinajstić information content (AvgIpc) is 3.13. The summed E-state index contributed by atoms with van der Waals surface area (Å²) in [5.74, 6) is 2.24. The summed E-state index contributed by atoms with van der Waals surface area (Å²) in [7, 11) is 3.29. The van der Waals surface area contributed by atoms with Crippen molar-refractivity contribution in [1.29, 1.82) is 0 Å². The third-order valence-corrected chi connectivity index (χ3v) is 4.88. The Kier molecular flexibility index (Phi) is 5.09. The van der Waals surface area contributed by atoms with E-state index in [2.05, 4.69) is 25.3 Å². The standard InChI is InChI=1S/C21H23N7O2/c1-12-9-23-16(13(2)18(12)30-4)10-28-11-24-17-19(26-21(22)27-20(17)28)25-14-6-5-7-15(8-14)29-3/h5-9,11H,10H2,1-4H3,(H3,22,25,26,27). The first-order valence-corrected chi connectivity index (χ1v) is 9.38. The summed E-state index contributed by atoms with van der Waals surface area (Å²) >= 11 is 0. The first kappa shape index (κ1) is 19.4. The lowest BCUT2D eigenvalue weighted by Crippen LogP contribution is -2.07. The topological polar surface area (TPSA) is 113 Å². The minimum atomic E-state index is 0.154. The van der Waals surface area contributed by atoms with E-state index in [0.29, 0.717) is 23.5 Å². The first-order valence-electron chi connectivity index (χ1n) is 9.38. The molecule has 0 amide bonds. The number of ether oxygens (including phenoxy) is 2. The number of fused-ring (bicyclic) bond motifs is 1. The van der Waals surface area contributed by atoms with E-state index >= 15 is 0 Å². The number of pyridine rings is 1. The number of methoxy groups -OCH3 is 2. The van der Waals surface area contributed by atoms with Crippen molar-refractivity contribution in [2.24, 2.45) is 0 Å². The van der Waals surface area contributed by atoms with Crippen molar-refractivity contribution < 1.29 is 9.47 Å². The van der Waals surface area contributed by atoms with Crippen LogP contribution in [-0.4, -0.2) is 38.7 Å². The molecule has 3 aromatic heterocycles. The molecule has 0 bridgehead atoms. The van der Waals surface area contributed by atoms with Crippen LogP contribution in [-0.2, 0) is 6.54 Å². The second-order valence-corrected chi connectivity index (χ2v) is 6.88. The van der Waals surface area contributed by atoms with Gasteiger partial charge < -0.3 is 25.1 Å². The van der Waals surface area contributed by atoms with Gasteiger partial charge in [-0.1, -0.05) is 6.07 Å². The molecule has 1 aromatic carbocycles. The highest BCUT2D eigenvalue weighted by Crippen LogP contribution is 2.28. The Balaban J connectivity index is 1.72. The molecule has 9 nitrogen and oxygen atoms in total. The molecule has 0 aliphatic rings. The van der Waals surface area contributed by atoms with E-state index in [1.165, 1.54) is 0 Å². The van der Waals surface area contributed by atoms with E-state index in [1.807, 2.05) is 42.7 Å². The molecule has 0 saturated heterocycles. The van der Waals surface area contributed by atoms with Crippen molar-refractivity contribution in [1.82, 2.24) is 24.5 Å². The molecule has 4 rings (SSSR count). The van der Waals surface area contributed by atoms with Crippen molar-refractivity contribution in [3.05, 3.63) is 53.6 Å². The first-order chi connectivity index (χ1) is 14.5. The van der Waals surface area contributed by atoms with Gasteiger partial charge in [0, 0.05) is 29.1 Å². The van der Waals surface area contributed by atoms with Gasteiger partial charge in [0.25, 0.3) is 0 Å². The third-order valence-electron chi connectivity index (χ3n) is 4.88. The van der Waals surface area contributed by atoms with Crippen molar-refractivity contribution in [2.75, 3.05) is 25.3 Å². The minimum absolute atomic E-state index is 0.154. The van der Waals surface area contributed by atoms with E-state index in [0.717, 1.165) is 34.0 Å². The zero-order valence-corrected chi connectivity index (χ0v) is 17.3. The molecule has 0 aliphatic carbocycles. The number of aromatic nitrogens is 5. The number of nitrogens with two attached hydrogens (primary N) is 1. The number of aryl methyl sites for hydroxylation is 1. The van der Waals surface area contributed by atoms with Crippen LogP contribution in [0.3, 0.4) is 0 Å². The van der Waals surface area contributed by atoms with Gasteiger partial charge in [-0.15, -0.1) is 0 Å². The minimum Gasteiger partial charge on any atom is -0.497 e. The van der Waals surface area contributed by atoms with Crippen LogP contribution in [0.15, 0.2) is 36.8 Å². The van der Waals surface area contributed by atoms with Gasteiger partial charge in [0.1, 0.15) is 11.5 Å². The van der Waals surface area contributed by atoms with Crippen LogP contribution in [0.25, 0.3) is 11.2 Å². The zero-order chi connectivity index (χ0) is 21.3. The van der Waals surface area contributed by atoms with Crippen molar-refractivity contribution >= 4 is 28.6 Å². The van der Waals surface area contributed by atoms with E-state index in [-0.39, 0.29) is 5.95 Å². The number of benzene rings is 1. The number of nitrogen functional groups attached to an aromatic ring is 1. The highest BCUT2D eigenvalue weighted by Gasteiger charge is 2.16. The van der Waals surface area contributed by atoms with Crippen molar-refractivity contribution in [3.63, 3.8) is 0 Å². The van der Waals surface area contributed by atoms with Gasteiger partial charge in [0.15, 0.2) is 17.0 Å². The molecular weight excluding hydrogens is 382 g/mol. The fourth-order valence-corrected chi connectivity index (χ4v) is 3.39. The number of rotatable bonds is 6. The largest absolute Gasteiger partial charge is 0.497 e. The lowest BCUT2D eigenvalue weighted by Gasteiger charge is -2.13. The van der Waals surface area contributed by atoms with Gasteiger partial charge >= 0.3 is 0 Å². The summed E-state index contributed by atoms with van der Waals surface area (Å²) in [5, 5.41) is 3.25. The number of hydrogen-bond acceptors (Lipinski definition) is 8. The summed E-state index contributed by atoms with van der Waals surface area (Å²) < 4.78 is 12.7. The van der Waals surface area contributed by atoms with Gasteiger partial charge in [0.2, 0.25) is 5.95 Å². The van der Waals surface area contributed by atoms with Crippen LogP contribution in [0.2, 0.25) is 0 Å². The smallest absolute Gasteiger partial charge is 0.224 e. The number of imidazole rings is 1. The van der Waals surface area contributed by atoms with Gasteiger partial charge in [-0.05, 0) is 26.0 Å². The number of nitrogens with zero attached hydrogens (tertiary/aromatic N) is 5. The van der Waals surface area contributed by atoms with Crippen LogP contribution >= 0.6 is 0 Å². The van der Waals surface area contributed by atoms with Crippen LogP contribution in [0.5, 0.6) is 11.5 Å². The van der Waals surface area contributed by atoms with Crippen LogP contribution in [0.4, 0.5) is 17.5 Å². The number of anilines is 3. The summed E-state index contributed by atoms with van der Waals surface area (Å²) in [6.07, 6.45) is 3.52. The predicted octanol–water partition coefficient (Wildman–Crippen LogP) is 3.23. The second-order valence-electron chi connectivity index (χ2n) is 6.88. The molecule has 0 radical (unpaired) electrons. The molecule has 154 valence electrons. The van der Waals surface area contributed by atoms with E-state index in [4.69, 9.17) is 15.2 Å². The van der Waals surface area contributed by atoms with Gasteiger partial charge in [0.05, 0.1) is 32.8 Å². The maximum absolute atomic E-state index is 5.99. The van der Waals surface area contributed by atoms with Crippen molar-refractivity contribution in [3.8, 4) is 11.5 Å². The van der Waals surface area contributed by atoms with Crippen LogP contribution in [0.1, 0.15) is 16.8 Å². The number of hydrogen-bond donors (Lipinski definition) is 2. The summed E-state index contributed by atoms with van der Waals surface area (Å²) in [4.78, 5) is 17.8. The molecule has 0 fully saturated rings. The predicted molar refractivity (Wildman–Crippen MR) is 115 cm³/mol. The molecule has 0 saturated carbocycles. The highest BCUT2D eigenvalue weighted by atomic mass is 16.5. The third kappa shape index (κ3) is 3.57. The van der Waals surface area contributed by atoms with Gasteiger partial charge in [-0.25, -0.2) is 4.98 Å². The maximum atomic E-state index is 5.99. The van der Waals surface area contributed by atoms with E-state index < -0.39 is 0 Å². The van der Waals surface area contributed by atoms with Gasteiger partial charge in [-0.2, -0.15) is 9.97 Å². The van der Waals surface area contributed by atoms with Crippen molar-refractivity contribution in [2.45, 2.75) is 20.4 Å². The quantitative estimate of drug-likeness (QED) is 0.503. The molecule has 0 atom stereocenters. The average molecular weight is 405 g/mol. The Hall–Kier alpha value is -3.88. The molecule has 0 unspecified atom stereocenters. The molecule has 3 N–H and O–H groups in total. The Morgan fingerprint density at radius 2 is 1.93 bits per heavy atom. The second kappa shape index (κ2) is 7.86. The molecular formula is C21H23N7O2. The Bertz CT molecular complexity index is 1220. The fraction of sp³-hybridized carbons (Fsp3) is 0.238. The SMILES string of the molecule is COc1cccc(Nc2nc(N)nc3c2ncn3Cc2ncc(C)c(OC)c2C)c1. The molecule has 4 aromatic rings. The Labute approximate surface area is 173 Å². The highest BCUT2D eigenvalue weighted by molar-refractivity contribution is 5.86. The normalized spacial score (nSPS) is 10.9. The molecule has 0 spiro atoms. The van der Waals surface area contributed by atoms with Gasteiger partial charge in [-0.3, -0.25) is 4.98 Å².